The van der Waals surface area contributed by atoms with E-state index in [2.05, 4.69) is 37.6 Å². The molecular formula is C16H20BrN3O2S2. The Balaban J connectivity index is 1.67. The number of hydrogen-bond donors (Lipinski definition) is 1. The molecule has 5 nitrogen and oxygen atoms in total. The van der Waals surface area contributed by atoms with Gasteiger partial charge < -0.3 is 4.90 Å². The van der Waals surface area contributed by atoms with Gasteiger partial charge in [0.05, 0.1) is 0 Å². The second kappa shape index (κ2) is 7.61. The van der Waals surface area contributed by atoms with Crippen molar-refractivity contribution in [3.8, 4) is 10.6 Å². The zero-order chi connectivity index (χ0) is 17.2. The maximum absolute atomic E-state index is 12.5. The van der Waals surface area contributed by atoms with Gasteiger partial charge in [0.2, 0.25) is 0 Å². The predicted molar refractivity (Wildman–Crippen MR) is 101 cm³/mol. The number of rotatable bonds is 5. The van der Waals surface area contributed by atoms with Gasteiger partial charge in [0.1, 0.15) is 5.01 Å². The highest BCUT2D eigenvalue weighted by Crippen LogP contribution is 2.27. The van der Waals surface area contributed by atoms with Crippen LogP contribution in [0, 0.1) is 5.92 Å². The molecule has 130 valence electrons. The lowest BCUT2D eigenvalue weighted by Crippen LogP contribution is -2.39. The molecule has 2 heterocycles. The molecule has 1 aromatic carbocycles. The number of nitrogens with zero attached hydrogens (tertiary/aromatic N) is 2. The van der Waals surface area contributed by atoms with E-state index in [1.54, 1.807) is 5.38 Å². The van der Waals surface area contributed by atoms with Crippen molar-refractivity contribution in [2.45, 2.75) is 17.9 Å². The van der Waals surface area contributed by atoms with E-state index in [1.807, 2.05) is 24.3 Å². The molecule has 8 heteroatoms. The number of halogens is 1. The van der Waals surface area contributed by atoms with Crippen LogP contribution in [0.1, 0.15) is 12.8 Å². The molecule has 0 spiro atoms. The number of aromatic nitrogens is 1. The number of nitrogens with one attached hydrogen (secondary N) is 1. The summed E-state index contributed by atoms with van der Waals surface area (Å²) >= 11 is 4.73. The van der Waals surface area contributed by atoms with Crippen LogP contribution in [0.3, 0.4) is 0 Å². The molecule has 2 aromatic rings. The van der Waals surface area contributed by atoms with Crippen molar-refractivity contribution in [1.29, 1.82) is 0 Å². The van der Waals surface area contributed by atoms with Gasteiger partial charge in [-0.15, -0.1) is 11.3 Å². The van der Waals surface area contributed by atoms with Crippen LogP contribution < -0.4 is 4.72 Å². The minimum Gasteiger partial charge on any atom is -0.306 e. The molecule has 1 aromatic heterocycles. The van der Waals surface area contributed by atoms with E-state index in [0.717, 1.165) is 36.0 Å². The summed E-state index contributed by atoms with van der Waals surface area (Å²) in [4.78, 5) is 6.55. The van der Waals surface area contributed by atoms with Gasteiger partial charge in [0.25, 0.3) is 10.0 Å². The molecule has 1 unspecified atom stereocenters. The topological polar surface area (TPSA) is 62.3 Å². The SMILES string of the molecule is CN1CCCC(CNS(=O)(=O)c2csc(-c3ccc(Br)cc3)n2)C1. The number of sulfonamides is 1. The van der Waals surface area contributed by atoms with E-state index >= 15 is 0 Å². The molecule has 0 aliphatic carbocycles. The Morgan fingerprint density at radius 3 is 2.83 bits per heavy atom. The van der Waals surface area contributed by atoms with Crippen molar-refractivity contribution in [3.63, 3.8) is 0 Å². The smallest absolute Gasteiger partial charge is 0.258 e. The van der Waals surface area contributed by atoms with E-state index in [0.29, 0.717) is 17.5 Å². The molecular weight excluding hydrogens is 410 g/mol. The summed E-state index contributed by atoms with van der Waals surface area (Å²) in [5.74, 6) is 0.364. The summed E-state index contributed by atoms with van der Waals surface area (Å²) in [6, 6.07) is 7.68. The Labute approximate surface area is 155 Å². The average Bonchev–Trinajstić information content (AvgIpc) is 3.05. The monoisotopic (exact) mass is 429 g/mol. The summed E-state index contributed by atoms with van der Waals surface area (Å²) in [6.07, 6.45) is 2.18. The molecule has 1 atom stereocenters. The molecule has 1 N–H and O–H groups in total. The molecule has 1 fully saturated rings. The van der Waals surface area contributed by atoms with Gasteiger partial charge in [0.15, 0.2) is 5.03 Å². The molecule has 0 amide bonds. The highest BCUT2D eigenvalue weighted by atomic mass is 79.9. The zero-order valence-electron chi connectivity index (χ0n) is 13.4. The number of hydrogen-bond acceptors (Lipinski definition) is 5. The first-order chi connectivity index (χ1) is 11.4. The van der Waals surface area contributed by atoms with Crippen LogP contribution in [0.5, 0.6) is 0 Å². The second-order valence-corrected chi connectivity index (χ2v) is 9.61. The van der Waals surface area contributed by atoms with Crippen LogP contribution in [0.25, 0.3) is 10.6 Å². The first-order valence-corrected chi connectivity index (χ1v) is 11.0. The Kier molecular flexibility index (Phi) is 5.71. The zero-order valence-corrected chi connectivity index (χ0v) is 16.6. The van der Waals surface area contributed by atoms with Crippen LogP contribution in [-0.2, 0) is 10.0 Å². The Morgan fingerprint density at radius 1 is 1.38 bits per heavy atom. The van der Waals surface area contributed by atoms with Gasteiger partial charge in [-0.1, -0.05) is 28.1 Å². The maximum atomic E-state index is 12.5. The molecule has 3 rings (SSSR count). The van der Waals surface area contributed by atoms with Crippen LogP contribution in [0.2, 0.25) is 0 Å². The fourth-order valence-corrected chi connectivity index (χ4v) is 5.32. The third-order valence-electron chi connectivity index (χ3n) is 4.13. The largest absolute Gasteiger partial charge is 0.306 e. The molecule has 1 aliphatic heterocycles. The normalized spacial score (nSPS) is 19.5. The Hall–Kier alpha value is -0.800. The van der Waals surface area contributed by atoms with Crippen molar-refractivity contribution < 1.29 is 8.42 Å². The third kappa shape index (κ3) is 4.43. The van der Waals surface area contributed by atoms with Gasteiger partial charge in [-0.25, -0.2) is 18.1 Å². The van der Waals surface area contributed by atoms with E-state index in [4.69, 9.17) is 0 Å². The molecule has 0 radical (unpaired) electrons. The lowest BCUT2D eigenvalue weighted by molar-refractivity contribution is 0.211. The Morgan fingerprint density at radius 2 is 2.12 bits per heavy atom. The number of likely N-dealkylation sites (tertiary alicyclic amines) is 1. The molecule has 0 saturated carbocycles. The molecule has 0 bridgehead atoms. The van der Waals surface area contributed by atoms with Crippen LogP contribution in [0.15, 0.2) is 39.1 Å². The number of thiazole rings is 1. The summed E-state index contributed by atoms with van der Waals surface area (Å²) in [5.41, 5.74) is 0.915. The fraction of sp³-hybridized carbons (Fsp3) is 0.438. The van der Waals surface area contributed by atoms with Crippen molar-refractivity contribution in [3.05, 3.63) is 34.1 Å². The first kappa shape index (κ1) is 18.0. The van der Waals surface area contributed by atoms with Crippen LogP contribution >= 0.6 is 27.3 Å². The van der Waals surface area contributed by atoms with Crippen molar-refractivity contribution in [2.75, 3.05) is 26.7 Å². The van der Waals surface area contributed by atoms with Gasteiger partial charge in [-0.2, -0.15) is 0 Å². The van der Waals surface area contributed by atoms with E-state index in [1.165, 1.54) is 11.3 Å². The lowest BCUT2D eigenvalue weighted by atomic mass is 9.99. The number of piperidine rings is 1. The fourth-order valence-electron chi connectivity index (χ4n) is 2.85. The molecule has 24 heavy (non-hydrogen) atoms. The lowest BCUT2D eigenvalue weighted by Gasteiger charge is -2.29. The quantitative estimate of drug-likeness (QED) is 0.792. The van der Waals surface area contributed by atoms with E-state index in [9.17, 15) is 8.42 Å². The highest BCUT2D eigenvalue weighted by Gasteiger charge is 2.22. The van der Waals surface area contributed by atoms with Crippen molar-refractivity contribution in [1.82, 2.24) is 14.6 Å². The highest BCUT2D eigenvalue weighted by molar-refractivity contribution is 9.10. The van der Waals surface area contributed by atoms with Gasteiger partial charge in [-0.3, -0.25) is 0 Å². The average molecular weight is 430 g/mol. The summed E-state index contributed by atoms with van der Waals surface area (Å²) in [7, 11) is -1.48. The number of benzene rings is 1. The minimum absolute atomic E-state index is 0.106. The first-order valence-electron chi connectivity index (χ1n) is 7.84. The Bertz CT molecular complexity index is 790. The predicted octanol–water partition coefficient (Wildman–Crippen LogP) is 3.19. The van der Waals surface area contributed by atoms with E-state index in [-0.39, 0.29) is 5.03 Å². The second-order valence-electron chi connectivity index (χ2n) is 6.12. The van der Waals surface area contributed by atoms with Crippen LogP contribution in [-0.4, -0.2) is 45.0 Å². The minimum atomic E-state index is -3.55. The van der Waals surface area contributed by atoms with Gasteiger partial charge >= 0.3 is 0 Å². The summed E-state index contributed by atoms with van der Waals surface area (Å²) < 4.78 is 28.6. The van der Waals surface area contributed by atoms with Gasteiger partial charge in [-0.05, 0) is 44.5 Å². The summed E-state index contributed by atoms with van der Waals surface area (Å²) in [6.45, 7) is 2.49. The standard InChI is InChI=1S/C16H20BrN3O2S2/c1-20-8-2-3-12(10-20)9-18-24(21,22)15-11-23-16(19-15)13-4-6-14(17)7-5-13/h4-7,11-12,18H,2-3,8-10H2,1H3. The van der Waals surface area contributed by atoms with Crippen molar-refractivity contribution >= 4 is 37.3 Å². The van der Waals surface area contributed by atoms with Crippen LogP contribution in [0.4, 0.5) is 0 Å². The van der Waals surface area contributed by atoms with E-state index < -0.39 is 10.0 Å². The van der Waals surface area contributed by atoms with Crippen molar-refractivity contribution in [2.24, 2.45) is 5.92 Å². The molecule has 1 aliphatic rings. The third-order valence-corrected chi connectivity index (χ3v) is 7.01. The summed E-state index contributed by atoms with van der Waals surface area (Å²) in [5, 5.41) is 2.42. The maximum Gasteiger partial charge on any atom is 0.258 e. The van der Waals surface area contributed by atoms with Gasteiger partial charge in [0, 0.05) is 28.5 Å². The molecule has 1 saturated heterocycles.